The fourth-order valence-electron chi connectivity index (χ4n) is 3.06. The number of fused-ring (bicyclic) bond motifs is 1. The number of benzene rings is 1. The molecule has 3 nitrogen and oxygen atoms in total. The van der Waals surface area contributed by atoms with Gasteiger partial charge in [0.15, 0.2) is 0 Å². The van der Waals surface area contributed by atoms with Crippen LogP contribution in [0, 0.1) is 0 Å². The Bertz CT molecular complexity index is 1080. The Hall–Kier alpha value is -2.43. The highest BCUT2D eigenvalue weighted by molar-refractivity contribution is 7.19. The Balaban J connectivity index is 1.89. The molecule has 0 saturated carbocycles. The Morgan fingerprint density at radius 1 is 1.12 bits per heavy atom. The first-order valence-corrected chi connectivity index (χ1v) is 9.52. The van der Waals surface area contributed by atoms with E-state index in [4.69, 9.17) is 16.0 Å². The van der Waals surface area contributed by atoms with Crippen molar-refractivity contribution in [2.75, 3.05) is 0 Å². The molecule has 5 heteroatoms. The summed E-state index contributed by atoms with van der Waals surface area (Å²) < 4.78 is 6.84. The number of ketones is 1. The van der Waals surface area contributed by atoms with Crippen molar-refractivity contribution in [1.82, 2.24) is 4.98 Å². The van der Waals surface area contributed by atoms with Crippen molar-refractivity contribution in [3.63, 3.8) is 0 Å². The van der Waals surface area contributed by atoms with E-state index in [1.165, 1.54) is 11.3 Å². The third-order valence-corrected chi connectivity index (χ3v) is 5.55. The summed E-state index contributed by atoms with van der Waals surface area (Å²) in [6.45, 7) is 1.60. The number of furan rings is 1. The van der Waals surface area contributed by atoms with Crippen LogP contribution in [0.2, 0.25) is 4.34 Å². The van der Waals surface area contributed by atoms with E-state index in [9.17, 15) is 4.79 Å². The van der Waals surface area contributed by atoms with Gasteiger partial charge in [-0.05, 0) is 54.4 Å². The van der Waals surface area contributed by atoms with Crippen molar-refractivity contribution in [2.24, 2.45) is 0 Å². The highest BCUT2D eigenvalue weighted by Crippen LogP contribution is 2.41. The highest BCUT2D eigenvalue weighted by atomic mass is 35.5. The minimum atomic E-state index is 0.151. The van der Waals surface area contributed by atoms with Crippen molar-refractivity contribution in [3.05, 3.63) is 65.0 Å². The smallest absolute Gasteiger partial charge is 0.135 e. The first kappa shape index (κ1) is 17.0. The van der Waals surface area contributed by atoms with Crippen LogP contribution in [0.25, 0.3) is 32.5 Å². The molecule has 0 aliphatic rings. The molecule has 0 spiro atoms. The summed E-state index contributed by atoms with van der Waals surface area (Å²) in [5.41, 5.74) is 4.06. The maximum absolute atomic E-state index is 11.5. The topological polar surface area (TPSA) is 43.1 Å². The van der Waals surface area contributed by atoms with Crippen LogP contribution < -0.4 is 0 Å². The van der Waals surface area contributed by atoms with E-state index in [1.54, 1.807) is 19.3 Å². The summed E-state index contributed by atoms with van der Waals surface area (Å²) in [5, 5.41) is 1.04. The average molecular weight is 382 g/mol. The van der Waals surface area contributed by atoms with Gasteiger partial charge in [0.05, 0.1) is 4.34 Å². The Morgan fingerprint density at radius 3 is 2.62 bits per heavy atom. The van der Waals surface area contributed by atoms with E-state index in [1.807, 2.05) is 36.4 Å². The van der Waals surface area contributed by atoms with Crippen LogP contribution in [-0.4, -0.2) is 10.8 Å². The van der Waals surface area contributed by atoms with Gasteiger partial charge in [0.1, 0.15) is 17.1 Å². The molecule has 130 valence electrons. The lowest BCUT2D eigenvalue weighted by Crippen LogP contribution is -1.93. The first-order valence-electron chi connectivity index (χ1n) is 8.33. The molecular formula is C21H16ClNO2S. The predicted octanol–water partition coefficient (Wildman–Crippen LogP) is 6.40. The number of halogens is 1. The molecule has 0 radical (unpaired) electrons. The summed E-state index contributed by atoms with van der Waals surface area (Å²) in [5.74, 6) is 0.985. The van der Waals surface area contributed by atoms with Gasteiger partial charge in [0.2, 0.25) is 0 Å². The number of Topliss-reactive ketones (excluding diaryl/α,β-unsaturated/α-hetero) is 1. The molecule has 0 atom stereocenters. The number of hydrogen-bond acceptors (Lipinski definition) is 4. The lowest BCUT2D eigenvalue weighted by molar-refractivity contribution is -0.117. The molecule has 26 heavy (non-hydrogen) atoms. The van der Waals surface area contributed by atoms with Gasteiger partial charge in [-0.3, -0.25) is 4.98 Å². The Labute approximate surface area is 160 Å². The predicted molar refractivity (Wildman–Crippen MR) is 107 cm³/mol. The number of rotatable bonds is 5. The van der Waals surface area contributed by atoms with Gasteiger partial charge in [-0.1, -0.05) is 17.7 Å². The van der Waals surface area contributed by atoms with Crippen LogP contribution >= 0.6 is 22.9 Å². The summed E-state index contributed by atoms with van der Waals surface area (Å²) in [6, 6.07) is 14.0. The Morgan fingerprint density at radius 2 is 1.92 bits per heavy atom. The fraction of sp³-hybridized carbons (Fsp3) is 0.143. The van der Waals surface area contributed by atoms with Crippen LogP contribution in [0.3, 0.4) is 0 Å². The molecule has 1 aromatic carbocycles. The van der Waals surface area contributed by atoms with Crippen molar-refractivity contribution in [1.29, 1.82) is 0 Å². The zero-order valence-electron chi connectivity index (χ0n) is 14.2. The van der Waals surface area contributed by atoms with Gasteiger partial charge in [-0.25, -0.2) is 0 Å². The molecule has 0 bridgehead atoms. The summed E-state index contributed by atoms with van der Waals surface area (Å²) in [6.07, 6.45) is 4.61. The second-order valence-electron chi connectivity index (χ2n) is 6.15. The SMILES string of the molecule is CC(=O)CCc1oc2ccc(-c3ccncc3)cc2c1-c1ccc(Cl)s1. The third-order valence-electron chi connectivity index (χ3n) is 4.30. The second-order valence-corrected chi connectivity index (χ2v) is 7.87. The van der Waals surface area contributed by atoms with Crippen molar-refractivity contribution in [2.45, 2.75) is 19.8 Å². The van der Waals surface area contributed by atoms with Gasteiger partial charge in [0.25, 0.3) is 0 Å². The van der Waals surface area contributed by atoms with Gasteiger partial charge in [0, 0.05) is 41.1 Å². The standard InChI is InChI=1S/C21H16ClNO2S/c1-13(24)2-4-18-21(19-6-7-20(22)26-19)16-12-15(3-5-17(16)25-18)14-8-10-23-11-9-14/h3,5-12H,2,4H2,1H3. The van der Waals surface area contributed by atoms with E-state index in [0.717, 1.165) is 42.6 Å². The van der Waals surface area contributed by atoms with Gasteiger partial charge in [-0.2, -0.15) is 0 Å². The summed E-state index contributed by atoms with van der Waals surface area (Å²) in [4.78, 5) is 16.6. The van der Waals surface area contributed by atoms with E-state index < -0.39 is 0 Å². The molecule has 0 aliphatic heterocycles. The maximum Gasteiger partial charge on any atom is 0.135 e. The average Bonchev–Trinajstić information content (AvgIpc) is 3.22. The molecule has 0 aliphatic carbocycles. The van der Waals surface area contributed by atoms with Crippen LogP contribution in [0.1, 0.15) is 19.1 Å². The zero-order valence-corrected chi connectivity index (χ0v) is 15.7. The number of aromatic nitrogens is 1. The maximum atomic E-state index is 11.5. The summed E-state index contributed by atoms with van der Waals surface area (Å²) >= 11 is 7.68. The first-order chi connectivity index (χ1) is 12.6. The largest absolute Gasteiger partial charge is 0.460 e. The number of hydrogen-bond donors (Lipinski definition) is 0. The van der Waals surface area contributed by atoms with E-state index >= 15 is 0 Å². The number of carbonyl (C=O) groups is 1. The zero-order chi connectivity index (χ0) is 18.1. The molecule has 3 aromatic heterocycles. The number of aryl methyl sites for hydroxylation is 1. The molecule has 0 amide bonds. The van der Waals surface area contributed by atoms with Crippen molar-refractivity contribution in [3.8, 4) is 21.6 Å². The third kappa shape index (κ3) is 3.30. The molecule has 0 unspecified atom stereocenters. The van der Waals surface area contributed by atoms with E-state index in [0.29, 0.717) is 12.8 Å². The molecular weight excluding hydrogens is 366 g/mol. The number of thiophene rings is 1. The normalized spacial score (nSPS) is 11.2. The molecule has 3 heterocycles. The molecule has 4 rings (SSSR count). The quantitative estimate of drug-likeness (QED) is 0.401. The fourth-order valence-corrected chi connectivity index (χ4v) is 4.18. The van der Waals surface area contributed by atoms with Crippen molar-refractivity contribution >= 4 is 39.7 Å². The van der Waals surface area contributed by atoms with E-state index in [2.05, 4.69) is 11.1 Å². The van der Waals surface area contributed by atoms with Crippen LogP contribution in [-0.2, 0) is 11.2 Å². The van der Waals surface area contributed by atoms with Crippen LogP contribution in [0.15, 0.2) is 59.3 Å². The number of nitrogens with zero attached hydrogens (tertiary/aromatic N) is 1. The lowest BCUT2D eigenvalue weighted by Gasteiger charge is -2.02. The molecule has 4 aromatic rings. The van der Waals surface area contributed by atoms with E-state index in [-0.39, 0.29) is 5.78 Å². The summed E-state index contributed by atoms with van der Waals surface area (Å²) in [7, 11) is 0. The molecule has 0 saturated heterocycles. The Kier molecular flexibility index (Phi) is 4.62. The second kappa shape index (κ2) is 7.06. The minimum Gasteiger partial charge on any atom is -0.460 e. The lowest BCUT2D eigenvalue weighted by atomic mass is 10.0. The van der Waals surface area contributed by atoms with Crippen molar-refractivity contribution < 1.29 is 9.21 Å². The minimum absolute atomic E-state index is 0.151. The van der Waals surface area contributed by atoms with Gasteiger partial charge >= 0.3 is 0 Å². The molecule has 0 N–H and O–H groups in total. The highest BCUT2D eigenvalue weighted by Gasteiger charge is 2.18. The van der Waals surface area contributed by atoms with Crippen LogP contribution in [0.4, 0.5) is 0 Å². The monoisotopic (exact) mass is 381 g/mol. The molecule has 0 fully saturated rings. The van der Waals surface area contributed by atoms with Crippen LogP contribution in [0.5, 0.6) is 0 Å². The van der Waals surface area contributed by atoms with Gasteiger partial charge in [-0.15, -0.1) is 11.3 Å². The van der Waals surface area contributed by atoms with Gasteiger partial charge < -0.3 is 9.21 Å². The number of pyridine rings is 1. The number of carbonyl (C=O) groups excluding carboxylic acids is 1.